The van der Waals surface area contributed by atoms with E-state index in [4.69, 9.17) is 15.6 Å². The van der Waals surface area contributed by atoms with Gasteiger partial charge < -0.3 is 19.1 Å². The maximum Gasteiger partial charge on any atom is 0.113 e. The molecule has 2 aliphatic rings. The van der Waals surface area contributed by atoms with Crippen molar-refractivity contribution in [2.75, 3.05) is 32.7 Å². The van der Waals surface area contributed by atoms with Gasteiger partial charge in [0.2, 0.25) is 0 Å². The van der Waals surface area contributed by atoms with E-state index in [1.807, 2.05) is 18.2 Å². The number of hydrogen-bond donors (Lipinski definition) is 0. The summed E-state index contributed by atoms with van der Waals surface area (Å²) in [6.07, 6.45) is 1.76. The van der Waals surface area contributed by atoms with E-state index in [-0.39, 0.29) is 36.3 Å². The van der Waals surface area contributed by atoms with Crippen LogP contribution in [0.4, 0.5) is 0 Å². The highest BCUT2D eigenvalue weighted by atomic mass is 16.6. The molecule has 0 bridgehead atoms. The number of rotatable bonds is 12. The second kappa shape index (κ2) is 15.5. The van der Waals surface area contributed by atoms with Crippen LogP contribution in [0.2, 0.25) is 0 Å². The molecule has 5 atom stereocenters. The molecule has 2 fully saturated rings. The lowest BCUT2D eigenvalue weighted by atomic mass is 9.89. The van der Waals surface area contributed by atoms with Crippen LogP contribution in [0.5, 0.6) is 0 Å². The Bertz CT molecular complexity index is 1230. The van der Waals surface area contributed by atoms with E-state index in [1.165, 1.54) is 0 Å². The van der Waals surface area contributed by atoms with Crippen LogP contribution in [0.15, 0.2) is 91.0 Å². The smallest absolute Gasteiger partial charge is 0.113 e. The van der Waals surface area contributed by atoms with Crippen molar-refractivity contribution in [1.82, 2.24) is 9.80 Å². The molecule has 0 aromatic heterocycles. The molecular weight excluding hydrogens is 532 g/mol. The second-order valence-corrected chi connectivity index (χ2v) is 13.5. The topological polar surface area (TPSA) is 34.2 Å². The van der Waals surface area contributed by atoms with E-state index in [2.05, 4.69) is 110 Å². The van der Waals surface area contributed by atoms with Gasteiger partial charge in [-0.15, -0.1) is 0 Å². The fourth-order valence-corrected chi connectivity index (χ4v) is 6.47. The maximum atomic E-state index is 8.75. The van der Waals surface area contributed by atoms with Gasteiger partial charge in [-0.25, -0.2) is 0 Å². The summed E-state index contributed by atoms with van der Waals surface area (Å²) >= 11 is 0. The molecule has 3 aromatic carbocycles. The zero-order chi connectivity index (χ0) is 30.9. The highest BCUT2D eigenvalue weighted by Gasteiger charge is 2.44. The van der Waals surface area contributed by atoms with Crippen LogP contribution in [-0.2, 0) is 34.0 Å². The van der Waals surface area contributed by atoms with Crippen LogP contribution in [0.25, 0.3) is 0 Å². The minimum absolute atomic E-state index is 0.0321. The SMILES string of the molecule is [2H]C(N1CCC(CN2C[C@H](OCc3ccccc3)[C@@H](OCc3ccccc3)[C@H](OCc3ccccc3)[C@H]2C)CC1)C(C)(C)C. The zero-order valence-corrected chi connectivity index (χ0v) is 26.6. The van der Waals surface area contributed by atoms with Gasteiger partial charge in [-0.3, -0.25) is 4.90 Å². The van der Waals surface area contributed by atoms with Gasteiger partial charge in [-0.05, 0) is 60.9 Å². The van der Waals surface area contributed by atoms with Gasteiger partial charge in [-0.2, -0.15) is 0 Å². The third-order valence-electron chi connectivity index (χ3n) is 8.75. The van der Waals surface area contributed by atoms with E-state index >= 15 is 0 Å². The number of nitrogens with zero attached hydrogens (tertiary/aromatic N) is 2. The maximum absolute atomic E-state index is 8.75. The molecule has 0 radical (unpaired) electrons. The predicted octanol–water partition coefficient (Wildman–Crippen LogP) is 7.20. The monoisotopic (exact) mass is 585 g/mol. The van der Waals surface area contributed by atoms with Crippen molar-refractivity contribution in [2.24, 2.45) is 11.3 Å². The molecule has 3 aromatic rings. The first kappa shape index (κ1) is 30.5. The summed E-state index contributed by atoms with van der Waals surface area (Å²) in [6, 6.07) is 31.4. The molecule has 0 aliphatic carbocycles. The Labute approximate surface area is 261 Å². The van der Waals surface area contributed by atoms with Crippen molar-refractivity contribution in [2.45, 2.75) is 84.7 Å². The third kappa shape index (κ3) is 9.72. The lowest BCUT2D eigenvalue weighted by Crippen LogP contribution is -2.63. The molecule has 5 nitrogen and oxygen atoms in total. The van der Waals surface area contributed by atoms with Gasteiger partial charge in [-0.1, -0.05) is 112 Å². The Morgan fingerprint density at radius 3 is 1.65 bits per heavy atom. The van der Waals surface area contributed by atoms with Crippen LogP contribution < -0.4 is 0 Å². The van der Waals surface area contributed by atoms with Crippen molar-refractivity contribution in [3.63, 3.8) is 0 Å². The van der Waals surface area contributed by atoms with Crippen LogP contribution in [0.1, 0.15) is 58.6 Å². The van der Waals surface area contributed by atoms with Crippen molar-refractivity contribution < 1.29 is 15.6 Å². The highest BCUT2D eigenvalue weighted by molar-refractivity contribution is 5.16. The van der Waals surface area contributed by atoms with E-state index in [9.17, 15) is 0 Å². The Kier molecular flexibility index (Phi) is 11.0. The molecule has 0 spiro atoms. The highest BCUT2D eigenvalue weighted by Crippen LogP contribution is 2.31. The number of benzene rings is 3. The first-order valence-corrected chi connectivity index (χ1v) is 16.1. The molecule has 2 aliphatic heterocycles. The lowest BCUT2D eigenvalue weighted by Gasteiger charge is -2.49. The Morgan fingerprint density at radius 2 is 1.16 bits per heavy atom. The van der Waals surface area contributed by atoms with Crippen molar-refractivity contribution >= 4 is 0 Å². The van der Waals surface area contributed by atoms with Crippen LogP contribution in [-0.4, -0.2) is 66.9 Å². The summed E-state index contributed by atoms with van der Waals surface area (Å²) in [4.78, 5) is 4.96. The first-order chi connectivity index (χ1) is 21.3. The van der Waals surface area contributed by atoms with Crippen LogP contribution in [0.3, 0.4) is 0 Å². The van der Waals surface area contributed by atoms with E-state index < -0.39 is 0 Å². The second-order valence-electron chi connectivity index (χ2n) is 13.5. The van der Waals surface area contributed by atoms with Gasteiger partial charge in [0.1, 0.15) is 12.2 Å². The van der Waals surface area contributed by atoms with Crippen LogP contribution in [0, 0.1) is 11.3 Å². The first-order valence-electron chi connectivity index (χ1n) is 16.7. The van der Waals surface area contributed by atoms with Gasteiger partial charge in [0.05, 0.1) is 25.9 Å². The number of hydrogen-bond acceptors (Lipinski definition) is 5. The fourth-order valence-electron chi connectivity index (χ4n) is 6.47. The molecule has 0 amide bonds. The summed E-state index contributed by atoms with van der Waals surface area (Å²) in [7, 11) is 0. The molecule has 1 unspecified atom stereocenters. The Hall–Kier alpha value is -2.54. The number of ether oxygens (including phenoxy) is 3. The molecule has 232 valence electrons. The molecule has 0 N–H and O–H groups in total. The molecule has 2 heterocycles. The van der Waals surface area contributed by atoms with E-state index in [0.29, 0.717) is 25.7 Å². The Balaban J connectivity index is 1.33. The molecule has 5 heteroatoms. The van der Waals surface area contributed by atoms with Gasteiger partial charge in [0.25, 0.3) is 0 Å². The summed E-state index contributed by atoms with van der Waals surface area (Å²) in [6.45, 7) is 14.1. The number of likely N-dealkylation sites (tertiary alicyclic amines) is 2. The molecule has 5 rings (SSSR count). The largest absolute Gasteiger partial charge is 0.369 e. The Morgan fingerprint density at radius 1 is 0.698 bits per heavy atom. The lowest BCUT2D eigenvalue weighted by molar-refractivity contribution is -0.202. The van der Waals surface area contributed by atoms with Gasteiger partial charge in [0.15, 0.2) is 0 Å². The van der Waals surface area contributed by atoms with Crippen LogP contribution >= 0.6 is 0 Å². The molecule has 0 saturated carbocycles. The summed E-state index contributed by atoms with van der Waals surface area (Å²) in [5.74, 6) is 0.590. The fraction of sp³-hybridized carbons (Fsp3) is 0.526. The normalized spacial score (nSPS) is 25.3. The average molecular weight is 586 g/mol. The predicted molar refractivity (Wildman–Crippen MR) is 175 cm³/mol. The summed E-state index contributed by atoms with van der Waals surface area (Å²) in [5.41, 5.74) is 3.45. The molecular formula is C38H52N2O3. The average Bonchev–Trinajstić information content (AvgIpc) is 3.04. The minimum atomic E-state index is -0.202. The quantitative estimate of drug-likeness (QED) is 0.225. The van der Waals surface area contributed by atoms with Gasteiger partial charge >= 0.3 is 0 Å². The third-order valence-corrected chi connectivity index (χ3v) is 8.75. The molecule has 43 heavy (non-hydrogen) atoms. The summed E-state index contributed by atoms with van der Waals surface area (Å²) < 4.78 is 29.0. The standard InChI is InChI=1S/C38H52N2O3/c1-30-36(42-27-33-16-10-6-11-17-33)37(43-28-34-18-12-7-13-19-34)35(41-26-32-14-8-5-9-15-32)25-40(30)24-31-20-22-39(23-21-31)29-38(2,3)4/h5-19,30-31,35-37H,20-29H2,1-4H3/t30-,35+,36-,37-/m1/s1/i29D/t29?,30-,35+,36-,37-. The summed E-state index contributed by atoms with van der Waals surface area (Å²) in [5, 5.41) is 0. The van der Waals surface area contributed by atoms with Crippen molar-refractivity contribution in [3.05, 3.63) is 108 Å². The zero-order valence-electron chi connectivity index (χ0n) is 27.6. The number of piperidine rings is 2. The van der Waals surface area contributed by atoms with Gasteiger partial charge in [0, 0.05) is 27.0 Å². The molecule has 2 saturated heterocycles. The van der Waals surface area contributed by atoms with Crippen molar-refractivity contribution in [1.29, 1.82) is 0 Å². The van der Waals surface area contributed by atoms with E-state index in [1.54, 1.807) is 0 Å². The minimum Gasteiger partial charge on any atom is -0.369 e. The van der Waals surface area contributed by atoms with E-state index in [0.717, 1.165) is 55.7 Å². The van der Waals surface area contributed by atoms with Crippen molar-refractivity contribution in [3.8, 4) is 0 Å².